The molecule has 0 N–H and O–H groups in total. The first-order valence-electron chi connectivity index (χ1n) is 6.83. The van der Waals surface area contributed by atoms with Crippen LogP contribution >= 0.6 is 0 Å². The molecule has 1 aliphatic heterocycles. The number of hydrogen-bond acceptors (Lipinski definition) is 2. The Balaban J connectivity index is 2.01. The number of rotatable bonds is 2. The number of benzene rings is 2. The minimum atomic E-state index is 0.657. The molecule has 3 rings (SSSR count). The number of fused-ring (bicyclic) bond motifs is 1. The molecule has 2 aromatic carbocycles. The molecular weight excluding hydrogens is 250 g/mol. The van der Waals surface area contributed by atoms with Crippen molar-refractivity contribution in [3.63, 3.8) is 0 Å². The van der Waals surface area contributed by atoms with Gasteiger partial charge in [0.2, 0.25) is 6.73 Å². The van der Waals surface area contributed by atoms with Gasteiger partial charge in [0.25, 0.3) is 0 Å². The Bertz CT molecular complexity index is 624. The van der Waals surface area contributed by atoms with Crippen molar-refractivity contribution in [1.82, 2.24) is 4.48 Å². The molecule has 0 saturated heterocycles. The van der Waals surface area contributed by atoms with Crippen molar-refractivity contribution in [3.8, 4) is 11.5 Å². The lowest BCUT2D eigenvalue weighted by Gasteiger charge is -2.38. The Morgan fingerprint density at radius 3 is 2.60 bits per heavy atom. The topological polar surface area (TPSA) is 18.5 Å². The largest absolute Gasteiger partial charge is 0.497 e. The van der Waals surface area contributed by atoms with Crippen molar-refractivity contribution in [2.45, 2.75) is 13.5 Å². The van der Waals surface area contributed by atoms with Gasteiger partial charge >= 0.3 is 0 Å². The summed E-state index contributed by atoms with van der Waals surface area (Å²) in [6.07, 6.45) is 0. The van der Waals surface area contributed by atoms with Crippen molar-refractivity contribution in [3.05, 3.63) is 53.6 Å². The molecule has 104 valence electrons. The summed E-state index contributed by atoms with van der Waals surface area (Å²) < 4.78 is 12.2. The number of ether oxygens (including phenoxy) is 2. The zero-order valence-electron chi connectivity index (χ0n) is 12.2. The number of nitrogens with zero attached hydrogens (tertiary/aromatic N) is 1. The first-order valence-corrected chi connectivity index (χ1v) is 6.83. The molecule has 0 aliphatic carbocycles. The number of para-hydroxylation sites is 1. The van der Waals surface area contributed by atoms with Gasteiger partial charge in [0.15, 0.2) is 0 Å². The predicted octanol–water partition coefficient (Wildman–Crippen LogP) is 3.49. The second-order valence-corrected chi connectivity index (χ2v) is 5.60. The fourth-order valence-corrected chi connectivity index (χ4v) is 2.84. The molecule has 1 unspecified atom stereocenters. The normalized spacial score (nSPS) is 20.9. The van der Waals surface area contributed by atoms with Gasteiger partial charge in [-0.05, 0) is 36.8 Å². The molecule has 20 heavy (non-hydrogen) atoms. The van der Waals surface area contributed by atoms with E-state index in [1.54, 1.807) is 7.11 Å². The lowest BCUT2D eigenvalue weighted by molar-refractivity contribution is 0.123. The van der Waals surface area contributed by atoms with Gasteiger partial charge < -0.3 is 9.47 Å². The molecular formula is C17H20NO2+. The molecule has 3 heteroatoms. The molecule has 2 aromatic rings. The third-order valence-corrected chi connectivity index (χ3v) is 3.95. The van der Waals surface area contributed by atoms with E-state index in [-0.39, 0.29) is 0 Å². The van der Waals surface area contributed by atoms with Gasteiger partial charge in [-0.15, -0.1) is 0 Å². The second-order valence-electron chi connectivity index (χ2n) is 5.60. The van der Waals surface area contributed by atoms with E-state index in [4.69, 9.17) is 9.47 Å². The molecule has 1 atom stereocenters. The average Bonchev–Trinajstić information content (AvgIpc) is 2.47. The highest BCUT2D eigenvalue weighted by Gasteiger charge is 2.33. The van der Waals surface area contributed by atoms with Gasteiger partial charge in [0.1, 0.15) is 23.7 Å². The molecule has 1 heterocycles. The van der Waals surface area contributed by atoms with Crippen LogP contribution in [0.15, 0.2) is 42.5 Å². The molecule has 0 spiro atoms. The van der Waals surface area contributed by atoms with E-state index < -0.39 is 0 Å². The fourth-order valence-electron chi connectivity index (χ4n) is 2.84. The predicted molar refractivity (Wildman–Crippen MR) is 81.1 cm³/mol. The highest BCUT2D eigenvalue weighted by atomic mass is 16.5. The Morgan fingerprint density at radius 1 is 1.15 bits per heavy atom. The summed E-state index contributed by atoms with van der Waals surface area (Å²) in [6, 6.07) is 14.6. The Morgan fingerprint density at radius 2 is 1.90 bits per heavy atom. The lowest BCUT2D eigenvalue weighted by atomic mass is 10.1. The van der Waals surface area contributed by atoms with Crippen LogP contribution in [0.3, 0.4) is 0 Å². The van der Waals surface area contributed by atoms with Crippen LogP contribution in [0.2, 0.25) is 0 Å². The molecule has 0 amide bonds. The minimum absolute atomic E-state index is 0.657. The van der Waals surface area contributed by atoms with Gasteiger partial charge in [-0.2, -0.15) is 0 Å². The van der Waals surface area contributed by atoms with Crippen LogP contribution in [0.1, 0.15) is 11.1 Å². The van der Waals surface area contributed by atoms with E-state index in [0.29, 0.717) is 6.73 Å². The van der Waals surface area contributed by atoms with Crippen molar-refractivity contribution in [1.29, 1.82) is 0 Å². The molecule has 0 radical (unpaired) electrons. The lowest BCUT2D eigenvalue weighted by Crippen LogP contribution is -2.49. The SMILES string of the molecule is COc1cc(C)c2c(c1)C[N+](C)(c1ccccc1)CO2. The minimum Gasteiger partial charge on any atom is -0.497 e. The quantitative estimate of drug-likeness (QED) is 0.778. The average molecular weight is 270 g/mol. The zero-order valence-corrected chi connectivity index (χ0v) is 12.2. The third-order valence-electron chi connectivity index (χ3n) is 3.95. The number of hydrogen-bond donors (Lipinski definition) is 0. The first kappa shape index (κ1) is 13.0. The molecule has 0 bridgehead atoms. The Hall–Kier alpha value is -2.00. The molecule has 1 aliphatic rings. The number of aryl methyl sites for hydroxylation is 1. The van der Waals surface area contributed by atoms with Gasteiger partial charge in [-0.1, -0.05) is 18.2 Å². The second kappa shape index (κ2) is 4.84. The van der Waals surface area contributed by atoms with Crippen LogP contribution in [0.4, 0.5) is 5.69 Å². The summed E-state index contributed by atoms with van der Waals surface area (Å²) in [5.74, 6) is 1.91. The summed E-state index contributed by atoms with van der Waals surface area (Å²) in [7, 11) is 3.91. The third kappa shape index (κ3) is 2.14. The first-order chi connectivity index (χ1) is 9.62. The maximum absolute atomic E-state index is 6.04. The van der Waals surface area contributed by atoms with E-state index in [9.17, 15) is 0 Å². The van der Waals surface area contributed by atoms with Gasteiger partial charge in [0, 0.05) is 0 Å². The standard InChI is InChI=1S/C17H20NO2/c1-13-9-16(19-3)10-14-11-18(2,12-20-17(13)14)15-7-5-4-6-8-15/h4-10H,11-12H2,1-3H3/q+1. The fraction of sp³-hybridized carbons (Fsp3) is 0.294. The molecule has 3 nitrogen and oxygen atoms in total. The summed E-state index contributed by atoms with van der Waals surface area (Å²) in [5.41, 5.74) is 3.61. The number of methoxy groups -OCH3 is 1. The van der Waals surface area contributed by atoms with Gasteiger partial charge in [-0.3, -0.25) is 4.48 Å². The Labute approximate surface area is 120 Å². The maximum atomic E-state index is 6.04. The smallest absolute Gasteiger partial charge is 0.228 e. The van der Waals surface area contributed by atoms with E-state index in [1.165, 1.54) is 11.3 Å². The monoisotopic (exact) mass is 270 g/mol. The molecule has 0 fully saturated rings. The highest BCUT2D eigenvalue weighted by molar-refractivity contribution is 5.51. The van der Waals surface area contributed by atoms with Crippen molar-refractivity contribution in [2.24, 2.45) is 0 Å². The van der Waals surface area contributed by atoms with Crippen molar-refractivity contribution in [2.75, 3.05) is 20.9 Å². The van der Waals surface area contributed by atoms with Crippen LogP contribution in [0.5, 0.6) is 11.5 Å². The van der Waals surface area contributed by atoms with E-state index in [1.807, 2.05) is 12.1 Å². The summed E-state index contributed by atoms with van der Waals surface area (Å²) >= 11 is 0. The van der Waals surface area contributed by atoms with Crippen molar-refractivity contribution < 1.29 is 9.47 Å². The van der Waals surface area contributed by atoms with E-state index >= 15 is 0 Å². The van der Waals surface area contributed by atoms with Gasteiger partial charge in [0.05, 0.1) is 19.7 Å². The zero-order chi connectivity index (χ0) is 14.2. The number of quaternary nitrogens is 1. The van der Waals surface area contributed by atoms with Crippen LogP contribution < -0.4 is 14.0 Å². The van der Waals surface area contributed by atoms with Gasteiger partial charge in [-0.25, -0.2) is 0 Å². The highest BCUT2D eigenvalue weighted by Crippen LogP contribution is 2.37. The molecule has 0 saturated carbocycles. The van der Waals surface area contributed by atoms with Crippen LogP contribution in [0.25, 0.3) is 0 Å². The summed E-state index contributed by atoms with van der Waals surface area (Å²) in [6.45, 7) is 3.64. The van der Waals surface area contributed by atoms with E-state index in [0.717, 1.165) is 28.1 Å². The van der Waals surface area contributed by atoms with Crippen LogP contribution in [0, 0.1) is 6.92 Å². The molecule has 0 aromatic heterocycles. The van der Waals surface area contributed by atoms with Crippen LogP contribution in [-0.4, -0.2) is 20.9 Å². The maximum Gasteiger partial charge on any atom is 0.228 e. The summed E-state index contributed by atoms with van der Waals surface area (Å²) in [4.78, 5) is 0. The summed E-state index contributed by atoms with van der Waals surface area (Å²) in [5, 5.41) is 0. The van der Waals surface area contributed by atoms with Crippen LogP contribution in [-0.2, 0) is 6.54 Å². The Kier molecular flexibility index (Phi) is 3.14. The van der Waals surface area contributed by atoms with Crippen molar-refractivity contribution >= 4 is 5.69 Å². The van der Waals surface area contributed by atoms with E-state index in [2.05, 4.69) is 44.3 Å².